The number of hydrogen-bond acceptors (Lipinski definition) is 5. The molecule has 98 valence electrons. The van der Waals surface area contributed by atoms with Gasteiger partial charge in [0.2, 0.25) is 5.91 Å². The highest BCUT2D eigenvalue weighted by atomic mass is 79.9. The predicted octanol–water partition coefficient (Wildman–Crippen LogP) is 3.09. The van der Waals surface area contributed by atoms with Gasteiger partial charge in [-0.3, -0.25) is 4.79 Å². The van der Waals surface area contributed by atoms with E-state index in [-0.39, 0.29) is 11.7 Å². The van der Waals surface area contributed by atoms with Crippen molar-refractivity contribution < 1.29 is 9.21 Å². The van der Waals surface area contributed by atoms with Crippen LogP contribution in [-0.4, -0.2) is 22.4 Å². The molecule has 0 aliphatic carbocycles. The molecular formula is C12H10BrN3O2S. The standard InChI is InChI=1S/C12H10BrN3O2S/c1-7-15-9-4-8(13)5-10(12(9)18-7)16-11(17)6-19-3-2-14/h4-5H,3,6H2,1H3,(H,16,17). The third-order valence-electron chi connectivity index (χ3n) is 2.24. The summed E-state index contributed by atoms with van der Waals surface area (Å²) in [5.41, 5.74) is 1.82. The zero-order valence-corrected chi connectivity index (χ0v) is 12.5. The molecule has 1 aromatic heterocycles. The smallest absolute Gasteiger partial charge is 0.234 e. The molecule has 1 aromatic carbocycles. The first-order valence-corrected chi connectivity index (χ1v) is 7.36. The zero-order chi connectivity index (χ0) is 13.8. The number of carbonyl (C=O) groups is 1. The fraction of sp³-hybridized carbons (Fsp3) is 0.250. The van der Waals surface area contributed by atoms with E-state index in [9.17, 15) is 4.79 Å². The van der Waals surface area contributed by atoms with Crippen molar-refractivity contribution in [2.24, 2.45) is 0 Å². The molecule has 0 bridgehead atoms. The van der Waals surface area contributed by atoms with E-state index in [4.69, 9.17) is 9.68 Å². The van der Waals surface area contributed by atoms with Crippen LogP contribution in [0.5, 0.6) is 0 Å². The molecule has 0 radical (unpaired) electrons. The van der Waals surface area contributed by atoms with E-state index < -0.39 is 0 Å². The highest BCUT2D eigenvalue weighted by Crippen LogP contribution is 2.28. The Balaban J connectivity index is 2.20. The third-order valence-corrected chi connectivity index (χ3v) is 3.49. The minimum Gasteiger partial charge on any atom is -0.439 e. The van der Waals surface area contributed by atoms with Gasteiger partial charge in [0, 0.05) is 11.4 Å². The van der Waals surface area contributed by atoms with Crippen molar-refractivity contribution in [1.82, 2.24) is 4.98 Å². The topological polar surface area (TPSA) is 78.9 Å². The van der Waals surface area contributed by atoms with E-state index >= 15 is 0 Å². The second kappa shape index (κ2) is 6.08. The number of carbonyl (C=O) groups excluding carboxylic acids is 1. The number of aryl methyl sites for hydroxylation is 1. The molecule has 0 unspecified atom stereocenters. The second-order valence-electron chi connectivity index (χ2n) is 3.73. The molecule has 19 heavy (non-hydrogen) atoms. The fourth-order valence-corrected chi connectivity index (χ4v) is 2.47. The molecule has 2 aromatic rings. The maximum atomic E-state index is 11.7. The van der Waals surface area contributed by atoms with E-state index in [0.717, 1.165) is 4.47 Å². The normalized spacial score (nSPS) is 10.4. The van der Waals surface area contributed by atoms with Gasteiger partial charge in [-0.1, -0.05) is 15.9 Å². The largest absolute Gasteiger partial charge is 0.439 e. The van der Waals surface area contributed by atoms with Gasteiger partial charge in [-0.25, -0.2) is 4.98 Å². The molecule has 0 atom stereocenters. The average Bonchev–Trinajstić information content (AvgIpc) is 2.70. The van der Waals surface area contributed by atoms with Gasteiger partial charge in [-0.2, -0.15) is 5.26 Å². The Bertz CT molecular complexity index is 663. The predicted molar refractivity (Wildman–Crippen MR) is 78.0 cm³/mol. The van der Waals surface area contributed by atoms with Crippen molar-refractivity contribution in [3.63, 3.8) is 0 Å². The quantitative estimate of drug-likeness (QED) is 0.866. The van der Waals surface area contributed by atoms with Gasteiger partial charge in [0.05, 0.1) is 23.3 Å². The number of benzene rings is 1. The first-order chi connectivity index (χ1) is 9.10. The van der Waals surface area contributed by atoms with Crippen molar-refractivity contribution in [3.05, 3.63) is 22.5 Å². The second-order valence-corrected chi connectivity index (χ2v) is 5.63. The first kappa shape index (κ1) is 13.9. The zero-order valence-electron chi connectivity index (χ0n) is 10.1. The van der Waals surface area contributed by atoms with Crippen molar-refractivity contribution in [1.29, 1.82) is 5.26 Å². The molecule has 0 aliphatic rings. The Morgan fingerprint density at radius 1 is 1.63 bits per heavy atom. The molecule has 7 heteroatoms. The number of rotatable bonds is 4. The lowest BCUT2D eigenvalue weighted by Crippen LogP contribution is -2.14. The van der Waals surface area contributed by atoms with Gasteiger partial charge in [0.1, 0.15) is 5.52 Å². The van der Waals surface area contributed by atoms with E-state index in [0.29, 0.717) is 28.4 Å². The Hall–Kier alpha value is -1.52. The van der Waals surface area contributed by atoms with Crippen LogP contribution in [-0.2, 0) is 4.79 Å². The molecule has 0 fully saturated rings. The molecule has 1 amide bonds. The van der Waals surface area contributed by atoms with Gasteiger partial charge in [0.15, 0.2) is 11.5 Å². The molecule has 0 aliphatic heterocycles. The minimum atomic E-state index is -0.172. The number of halogens is 1. The van der Waals surface area contributed by atoms with Crippen LogP contribution in [0.1, 0.15) is 5.89 Å². The summed E-state index contributed by atoms with van der Waals surface area (Å²) in [6, 6.07) is 5.56. The summed E-state index contributed by atoms with van der Waals surface area (Å²) >= 11 is 4.63. The lowest BCUT2D eigenvalue weighted by Gasteiger charge is -2.05. The SMILES string of the molecule is Cc1nc2cc(Br)cc(NC(=O)CSCC#N)c2o1. The summed E-state index contributed by atoms with van der Waals surface area (Å²) in [6.45, 7) is 1.75. The molecule has 1 N–H and O–H groups in total. The lowest BCUT2D eigenvalue weighted by atomic mass is 10.3. The van der Waals surface area contributed by atoms with Crippen molar-refractivity contribution >= 4 is 50.4 Å². The van der Waals surface area contributed by atoms with Crippen LogP contribution in [0.15, 0.2) is 21.0 Å². The number of thioether (sulfide) groups is 1. The molecule has 1 heterocycles. The van der Waals surface area contributed by atoms with Crippen molar-refractivity contribution in [2.45, 2.75) is 6.92 Å². The molecule has 0 saturated heterocycles. The number of nitrogens with one attached hydrogen (secondary N) is 1. The number of nitriles is 1. The van der Waals surface area contributed by atoms with Gasteiger partial charge < -0.3 is 9.73 Å². The van der Waals surface area contributed by atoms with Crippen LogP contribution in [0.25, 0.3) is 11.1 Å². The summed E-state index contributed by atoms with van der Waals surface area (Å²) in [5.74, 6) is 0.897. The Labute approximate surface area is 122 Å². The first-order valence-electron chi connectivity index (χ1n) is 5.41. The van der Waals surface area contributed by atoms with E-state index in [1.807, 2.05) is 12.1 Å². The molecule has 2 rings (SSSR count). The maximum absolute atomic E-state index is 11.7. The van der Waals surface area contributed by atoms with Crippen LogP contribution < -0.4 is 5.32 Å². The molecule has 0 spiro atoms. The number of amides is 1. The Morgan fingerprint density at radius 3 is 3.16 bits per heavy atom. The highest BCUT2D eigenvalue weighted by Gasteiger charge is 2.12. The number of aromatic nitrogens is 1. The van der Waals surface area contributed by atoms with Crippen LogP contribution in [0, 0.1) is 18.3 Å². The summed E-state index contributed by atoms with van der Waals surface area (Å²) in [6.07, 6.45) is 0. The van der Waals surface area contributed by atoms with Gasteiger partial charge in [-0.05, 0) is 12.1 Å². The molecular weight excluding hydrogens is 330 g/mol. The number of anilines is 1. The number of hydrogen-bond donors (Lipinski definition) is 1. The highest BCUT2D eigenvalue weighted by molar-refractivity contribution is 9.10. The third kappa shape index (κ3) is 3.49. The Kier molecular flexibility index (Phi) is 4.45. The number of fused-ring (bicyclic) bond motifs is 1. The van der Waals surface area contributed by atoms with Crippen LogP contribution in [0.4, 0.5) is 5.69 Å². The van der Waals surface area contributed by atoms with E-state index in [1.54, 1.807) is 13.0 Å². The summed E-state index contributed by atoms with van der Waals surface area (Å²) in [7, 11) is 0. The fourth-order valence-electron chi connectivity index (χ4n) is 1.58. The maximum Gasteiger partial charge on any atom is 0.234 e. The lowest BCUT2D eigenvalue weighted by molar-refractivity contribution is -0.113. The van der Waals surface area contributed by atoms with E-state index in [2.05, 4.69) is 26.2 Å². The van der Waals surface area contributed by atoms with Crippen LogP contribution in [0.3, 0.4) is 0 Å². The van der Waals surface area contributed by atoms with Crippen LogP contribution in [0.2, 0.25) is 0 Å². The monoisotopic (exact) mass is 339 g/mol. The van der Waals surface area contributed by atoms with Gasteiger partial charge in [0.25, 0.3) is 0 Å². The van der Waals surface area contributed by atoms with Crippen molar-refractivity contribution in [2.75, 3.05) is 16.8 Å². The summed E-state index contributed by atoms with van der Waals surface area (Å²) in [4.78, 5) is 16.0. The van der Waals surface area contributed by atoms with Crippen LogP contribution >= 0.6 is 27.7 Å². The summed E-state index contributed by atoms with van der Waals surface area (Å²) < 4.78 is 6.29. The number of oxazole rings is 1. The minimum absolute atomic E-state index is 0.172. The summed E-state index contributed by atoms with van der Waals surface area (Å²) in [5, 5.41) is 11.2. The average molecular weight is 340 g/mol. The number of nitrogens with zero attached hydrogens (tertiary/aromatic N) is 2. The van der Waals surface area contributed by atoms with E-state index in [1.165, 1.54) is 11.8 Å². The molecule has 5 nitrogen and oxygen atoms in total. The van der Waals surface area contributed by atoms with Gasteiger partial charge >= 0.3 is 0 Å². The van der Waals surface area contributed by atoms with Gasteiger partial charge in [-0.15, -0.1) is 11.8 Å². The Morgan fingerprint density at radius 2 is 2.42 bits per heavy atom. The molecule has 0 saturated carbocycles. The van der Waals surface area contributed by atoms with Crippen molar-refractivity contribution in [3.8, 4) is 6.07 Å².